The number of carbonyl (C=O) groups excluding carboxylic acids is 3. The zero-order valence-corrected chi connectivity index (χ0v) is 22.6. The van der Waals surface area contributed by atoms with Crippen molar-refractivity contribution in [2.75, 3.05) is 0 Å². The highest BCUT2D eigenvalue weighted by molar-refractivity contribution is 6.03. The third-order valence-corrected chi connectivity index (χ3v) is 8.72. The topological polar surface area (TPSA) is 69.7 Å². The van der Waals surface area contributed by atoms with Gasteiger partial charge in [-0.1, -0.05) is 38.5 Å². The molecule has 0 spiro atoms. The van der Waals surface area contributed by atoms with E-state index in [1.165, 1.54) is 6.92 Å². The zero-order valence-electron chi connectivity index (χ0n) is 22.6. The molecule has 0 aromatic heterocycles. The molecule has 6 atom stereocenters. The third kappa shape index (κ3) is 5.06. The Kier molecular flexibility index (Phi) is 7.17. The van der Waals surface area contributed by atoms with Crippen molar-refractivity contribution in [3.05, 3.63) is 58.7 Å². The molecule has 0 unspecified atom stereocenters. The van der Waals surface area contributed by atoms with E-state index >= 15 is 0 Å². The van der Waals surface area contributed by atoms with E-state index in [9.17, 15) is 27.6 Å². The summed E-state index contributed by atoms with van der Waals surface area (Å²) in [6.07, 6.45) is 0.448. The first-order valence-corrected chi connectivity index (χ1v) is 13.1. The highest BCUT2D eigenvalue weighted by Crippen LogP contribution is 2.62. The van der Waals surface area contributed by atoms with Gasteiger partial charge >= 0.3 is 18.1 Å². The fourth-order valence-corrected chi connectivity index (χ4v) is 6.53. The Morgan fingerprint density at radius 2 is 1.66 bits per heavy atom. The first kappa shape index (κ1) is 28.1. The minimum atomic E-state index is -4.52. The summed E-state index contributed by atoms with van der Waals surface area (Å²) in [4.78, 5) is 39.4. The number of halogens is 3. The van der Waals surface area contributed by atoms with Crippen LogP contribution >= 0.6 is 0 Å². The Hall–Kier alpha value is -2.90. The Morgan fingerprint density at radius 3 is 2.24 bits per heavy atom. The normalized spacial score (nSPS) is 35.4. The second kappa shape index (κ2) is 9.69. The number of hydrogen-bond donors (Lipinski definition) is 0. The van der Waals surface area contributed by atoms with Crippen LogP contribution in [0.3, 0.4) is 0 Å². The molecule has 206 valence electrons. The summed E-state index contributed by atoms with van der Waals surface area (Å²) in [5, 5.41) is 0. The lowest BCUT2D eigenvalue weighted by atomic mass is 9.81. The van der Waals surface area contributed by atoms with Crippen LogP contribution in [0.15, 0.2) is 47.6 Å². The molecule has 3 aliphatic carbocycles. The average Bonchev–Trinajstić information content (AvgIpc) is 3.23. The molecule has 3 aliphatic rings. The molecule has 0 heterocycles. The molecule has 2 fully saturated rings. The summed E-state index contributed by atoms with van der Waals surface area (Å²) >= 11 is 0. The van der Waals surface area contributed by atoms with Gasteiger partial charge < -0.3 is 9.47 Å². The first-order chi connectivity index (χ1) is 17.6. The van der Waals surface area contributed by atoms with Gasteiger partial charge in [-0.05, 0) is 79.7 Å². The van der Waals surface area contributed by atoms with Gasteiger partial charge in [-0.15, -0.1) is 0 Å². The maximum Gasteiger partial charge on any atom is 0.416 e. The molecule has 0 aliphatic heterocycles. The van der Waals surface area contributed by atoms with Gasteiger partial charge in [-0.2, -0.15) is 13.2 Å². The summed E-state index contributed by atoms with van der Waals surface area (Å²) in [6, 6.07) is 3.82. The Balaban J connectivity index is 1.72. The van der Waals surface area contributed by atoms with E-state index in [1.54, 1.807) is 6.92 Å². The molecule has 4 rings (SSSR count). The van der Waals surface area contributed by atoms with Gasteiger partial charge in [0, 0.05) is 13.3 Å². The molecule has 0 bridgehead atoms. The standard InChI is InChI=1S/C30H35F3O5/c1-16-7-12-22-23(28(22,5)6)14-17(2)26(35)29(38-19(4)34)15-18(3)25(24(29)13-16)37-27(36)20-8-10-21(11-9-20)30(31,32)33/h8-11,13-14,18,22-25H,7,12,15H2,1-6H3/b16-13-,17-14+/t18-,22-,23+,24-,25-,29+/m0/s1. The fourth-order valence-electron chi connectivity index (χ4n) is 6.53. The molecule has 5 nitrogen and oxygen atoms in total. The van der Waals surface area contributed by atoms with Gasteiger partial charge in [0.2, 0.25) is 5.78 Å². The van der Waals surface area contributed by atoms with Crippen molar-refractivity contribution in [1.29, 1.82) is 0 Å². The van der Waals surface area contributed by atoms with Crippen molar-refractivity contribution in [2.45, 2.75) is 78.7 Å². The predicted molar refractivity (Wildman–Crippen MR) is 135 cm³/mol. The molecule has 8 heteroatoms. The van der Waals surface area contributed by atoms with E-state index in [1.807, 2.05) is 26.0 Å². The maximum absolute atomic E-state index is 14.1. The SMILES string of the molecule is CC(=O)O[C@]12C[C@H](C)[C@H](OC(=O)c3ccc(C(F)(F)F)cc3)[C@@H]1/C=C(/C)CC[C@H]1[C@@H](/C=C(\C)C2=O)C1(C)C. The van der Waals surface area contributed by atoms with Crippen molar-refractivity contribution in [3.8, 4) is 0 Å². The van der Waals surface area contributed by atoms with Crippen molar-refractivity contribution in [1.82, 2.24) is 0 Å². The lowest BCUT2D eigenvalue weighted by Crippen LogP contribution is -2.48. The van der Waals surface area contributed by atoms with Crippen molar-refractivity contribution < 1.29 is 37.0 Å². The van der Waals surface area contributed by atoms with E-state index in [-0.39, 0.29) is 35.0 Å². The molecule has 2 saturated carbocycles. The van der Waals surface area contributed by atoms with E-state index in [0.29, 0.717) is 11.5 Å². The number of fused-ring (bicyclic) bond motifs is 2. The smallest absolute Gasteiger partial charge is 0.416 e. The average molecular weight is 533 g/mol. The maximum atomic E-state index is 14.1. The number of Topliss-reactive ketones (excluding diaryl/α,β-unsaturated/α-hetero) is 1. The number of rotatable bonds is 3. The molecular formula is C30H35F3O5. The molecule has 1 aromatic rings. The van der Waals surface area contributed by atoms with Gasteiger partial charge in [0.1, 0.15) is 6.10 Å². The van der Waals surface area contributed by atoms with E-state index in [2.05, 4.69) is 13.8 Å². The van der Waals surface area contributed by atoms with Gasteiger partial charge in [-0.3, -0.25) is 9.59 Å². The van der Waals surface area contributed by atoms with Crippen LogP contribution in [0.1, 0.15) is 76.7 Å². The number of esters is 2. The predicted octanol–water partition coefficient (Wildman–Crippen LogP) is 6.72. The highest BCUT2D eigenvalue weighted by Gasteiger charge is 2.61. The van der Waals surface area contributed by atoms with Gasteiger partial charge in [0.25, 0.3) is 0 Å². The minimum absolute atomic E-state index is 0.0303. The highest BCUT2D eigenvalue weighted by atomic mass is 19.4. The van der Waals surface area contributed by atoms with Gasteiger partial charge in [0.05, 0.1) is 17.0 Å². The fraction of sp³-hybridized carbons (Fsp3) is 0.567. The molecule has 1 aromatic carbocycles. The summed E-state index contributed by atoms with van der Waals surface area (Å²) in [7, 11) is 0. The third-order valence-electron chi connectivity index (χ3n) is 8.72. The lowest BCUT2D eigenvalue weighted by molar-refractivity contribution is -0.168. The monoisotopic (exact) mass is 532 g/mol. The molecular weight excluding hydrogens is 497 g/mol. The van der Waals surface area contributed by atoms with Crippen LogP contribution in [0.25, 0.3) is 0 Å². The van der Waals surface area contributed by atoms with Crippen LogP contribution in [-0.2, 0) is 25.2 Å². The van der Waals surface area contributed by atoms with Crippen molar-refractivity contribution in [3.63, 3.8) is 0 Å². The number of carbonyl (C=O) groups is 3. The van der Waals surface area contributed by atoms with Crippen LogP contribution in [0.2, 0.25) is 0 Å². The summed E-state index contributed by atoms with van der Waals surface area (Å²) in [5.41, 5.74) is -0.837. The summed E-state index contributed by atoms with van der Waals surface area (Å²) in [5.74, 6) is -2.11. The molecule has 0 amide bonds. The van der Waals surface area contributed by atoms with E-state index in [0.717, 1.165) is 42.7 Å². The van der Waals surface area contributed by atoms with Crippen LogP contribution in [-0.4, -0.2) is 29.4 Å². The van der Waals surface area contributed by atoms with Gasteiger partial charge in [0.15, 0.2) is 5.60 Å². The Morgan fingerprint density at radius 1 is 1.03 bits per heavy atom. The second-order valence-corrected chi connectivity index (χ2v) is 11.8. The number of hydrogen-bond acceptors (Lipinski definition) is 5. The van der Waals surface area contributed by atoms with E-state index < -0.39 is 41.3 Å². The van der Waals surface area contributed by atoms with Crippen LogP contribution in [0.5, 0.6) is 0 Å². The van der Waals surface area contributed by atoms with Gasteiger partial charge in [-0.25, -0.2) is 4.79 Å². The van der Waals surface area contributed by atoms with E-state index in [4.69, 9.17) is 9.47 Å². The molecule has 0 N–H and O–H groups in total. The zero-order chi connectivity index (χ0) is 28.2. The van der Waals surface area contributed by atoms with Crippen molar-refractivity contribution in [2.24, 2.45) is 29.1 Å². The Labute approximate surface area is 221 Å². The molecule has 0 saturated heterocycles. The number of ketones is 1. The minimum Gasteiger partial charge on any atom is -0.458 e. The number of alkyl halides is 3. The van der Waals surface area contributed by atoms with Crippen molar-refractivity contribution >= 4 is 17.7 Å². The van der Waals surface area contributed by atoms with Crippen LogP contribution < -0.4 is 0 Å². The molecule has 0 radical (unpaired) electrons. The lowest BCUT2D eigenvalue weighted by Gasteiger charge is -2.34. The summed E-state index contributed by atoms with van der Waals surface area (Å²) < 4.78 is 50.6. The first-order valence-electron chi connectivity index (χ1n) is 13.1. The van der Waals surface area contributed by atoms with Crippen LogP contribution in [0, 0.1) is 29.1 Å². The largest absolute Gasteiger partial charge is 0.458 e. The number of benzene rings is 1. The quantitative estimate of drug-likeness (QED) is 0.319. The second-order valence-electron chi connectivity index (χ2n) is 11.8. The van der Waals surface area contributed by atoms with Crippen LogP contribution in [0.4, 0.5) is 13.2 Å². The Bertz CT molecular complexity index is 1190. The summed E-state index contributed by atoms with van der Waals surface area (Å²) in [6.45, 7) is 11.2. The molecule has 38 heavy (non-hydrogen) atoms. The number of ether oxygens (including phenoxy) is 2. The number of allylic oxidation sites excluding steroid dienone is 2.